The first-order valence-corrected chi connectivity index (χ1v) is 14.3. The Kier molecular flexibility index (Phi) is 11.6. The van der Waals surface area contributed by atoms with Crippen molar-refractivity contribution in [3.63, 3.8) is 0 Å². The van der Waals surface area contributed by atoms with Crippen molar-refractivity contribution < 1.29 is 23.8 Å². The van der Waals surface area contributed by atoms with Gasteiger partial charge in [0.05, 0.1) is 26.9 Å². The first-order chi connectivity index (χ1) is 21.0. The topological polar surface area (TPSA) is 103 Å². The normalized spacial score (nSPS) is 11.3. The Morgan fingerprint density at radius 2 is 1.51 bits per heavy atom. The summed E-state index contributed by atoms with van der Waals surface area (Å²) < 4.78 is 17.0. The standard InChI is InChI=1S/C35H39N3O5/c1-41-30-19-20-31(32(24-30)42-2)34(37-35(40)28-12-7-4-8-13-28)27-15-17-29(18-16-27)43-23-9-14-33(39)38(22-21-36)25-26-10-5-3-6-11-26/h3-8,10-13,15-20,24,34H,9,14,21-23,25,36H2,1-2H3,(H,37,40). The van der Waals surface area contributed by atoms with Crippen molar-refractivity contribution in [1.82, 2.24) is 10.2 Å². The van der Waals surface area contributed by atoms with Crippen LogP contribution in [0.3, 0.4) is 0 Å². The largest absolute Gasteiger partial charge is 0.497 e. The van der Waals surface area contributed by atoms with Gasteiger partial charge < -0.3 is 30.2 Å². The molecule has 4 rings (SSSR count). The molecule has 8 nitrogen and oxygen atoms in total. The quantitative estimate of drug-likeness (QED) is 0.183. The Morgan fingerprint density at radius 1 is 0.837 bits per heavy atom. The summed E-state index contributed by atoms with van der Waals surface area (Å²) in [5.74, 6) is 1.78. The van der Waals surface area contributed by atoms with Gasteiger partial charge in [-0.15, -0.1) is 0 Å². The zero-order valence-corrected chi connectivity index (χ0v) is 24.7. The second kappa shape index (κ2) is 16.0. The number of methoxy groups -OCH3 is 2. The Hall–Kier alpha value is -4.82. The highest BCUT2D eigenvalue weighted by atomic mass is 16.5. The summed E-state index contributed by atoms with van der Waals surface area (Å²) in [5, 5.41) is 3.15. The van der Waals surface area contributed by atoms with E-state index in [1.807, 2.05) is 84.9 Å². The predicted octanol–water partition coefficient (Wildman–Crippen LogP) is 5.37. The number of hydrogen-bond acceptors (Lipinski definition) is 6. The van der Waals surface area contributed by atoms with E-state index in [-0.39, 0.29) is 11.8 Å². The van der Waals surface area contributed by atoms with Crippen LogP contribution in [0.15, 0.2) is 103 Å². The van der Waals surface area contributed by atoms with Gasteiger partial charge in [0.15, 0.2) is 0 Å². The third-order valence-electron chi connectivity index (χ3n) is 7.05. The molecule has 0 radical (unpaired) electrons. The monoisotopic (exact) mass is 581 g/mol. The Labute approximate surface area is 253 Å². The molecule has 0 spiro atoms. The lowest BCUT2D eigenvalue weighted by Crippen LogP contribution is -2.34. The van der Waals surface area contributed by atoms with Crippen molar-refractivity contribution in [2.45, 2.75) is 25.4 Å². The molecule has 0 fully saturated rings. The van der Waals surface area contributed by atoms with Gasteiger partial charge in [-0.25, -0.2) is 0 Å². The minimum absolute atomic E-state index is 0.0543. The highest BCUT2D eigenvalue weighted by Gasteiger charge is 2.22. The van der Waals surface area contributed by atoms with Crippen LogP contribution in [0.25, 0.3) is 0 Å². The van der Waals surface area contributed by atoms with Crippen LogP contribution in [0, 0.1) is 0 Å². The van der Waals surface area contributed by atoms with E-state index in [1.54, 1.807) is 37.3 Å². The summed E-state index contributed by atoms with van der Waals surface area (Å²) >= 11 is 0. The van der Waals surface area contributed by atoms with E-state index >= 15 is 0 Å². The average molecular weight is 582 g/mol. The van der Waals surface area contributed by atoms with Crippen molar-refractivity contribution in [2.75, 3.05) is 33.9 Å². The predicted molar refractivity (Wildman–Crippen MR) is 167 cm³/mol. The smallest absolute Gasteiger partial charge is 0.252 e. The number of nitrogens with zero attached hydrogens (tertiary/aromatic N) is 1. The second-order valence-electron chi connectivity index (χ2n) is 9.99. The maximum atomic E-state index is 13.2. The Bertz CT molecular complexity index is 1450. The summed E-state index contributed by atoms with van der Waals surface area (Å²) in [4.78, 5) is 27.8. The van der Waals surface area contributed by atoms with E-state index in [0.29, 0.717) is 61.9 Å². The maximum Gasteiger partial charge on any atom is 0.252 e. The molecule has 2 amide bonds. The van der Waals surface area contributed by atoms with E-state index in [1.165, 1.54) is 0 Å². The molecule has 1 unspecified atom stereocenters. The van der Waals surface area contributed by atoms with Gasteiger partial charge in [0, 0.05) is 43.2 Å². The average Bonchev–Trinajstić information content (AvgIpc) is 3.06. The molecule has 0 aliphatic heterocycles. The van der Waals surface area contributed by atoms with Crippen molar-refractivity contribution in [3.05, 3.63) is 125 Å². The number of carbonyl (C=O) groups excluding carboxylic acids is 2. The van der Waals surface area contributed by atoms with Gasteiger partial charge in [0.2, 0.25) is 5.91 Å². The van der Waals surface area contributed by atoms with E-state index in [9.17, 15) is 9.59 Å². The summed E-state index contributed by atoms with van der Waals surface area (Å²) in [7, 11) is 3.19. The summed E-state index contributed by atoms with van der Waals surface area (Å²) in [5.41, 5.74) is 9.03. The number of nitrogens with one attached hydrogen (secondary N) is 1. The van der Waals surface area contributed by atoms with Gasteiger partial charge in [0.25, 0.3) is 5.91 Å². The molecule has 43 heavy (non-hydrogen) atoms. The lowest BCUT2D eigenvalue weighted by Gasteiger charge is -2.23. The maximum absolute atomic E-state index is 13.2. The van der Waals surface area contributed by atoms with Crippen molar-refractivity contribution in [1.29, 1.82) is 0 Å². The number of nitrogens with two attached hydrogens (primary N) is 1. The molecule has 0 aromatic heterocycles. The molecule has 0 aliphatic rings. The Balaban J connectivity index is 1.41. The number of rotatable bonds is 15. The third kappa shape index (κ3) is 8.83. The fraction of sp³-hybridized carbons (Fsp3) is 0.257. The van der Waals surface area contributed by atoms with Crippen LogP contribution in [-0.4, -0.2) is 50.6 Å². The van der Waals surface area contributed by atoms with Gasteiger partial charge in [-0.1, -0.05) is 60.7 Å². The minimum atomic E-state index is -0.488. The van der Waals surface area contributed by atoms with Crippen LogP contribution in [0.5, 0.6) is 17.2 Å². The van der Waals surface area contributed by atoms with Gasteiger partial charge in [0.1, 0.15) is 17.2 Å². The first kappa shape index (κ1) is 31.1. The number of benzene rings is 4. The van der Waals surface area contributed by atoms with E-state index in [2.05, 4.69) is 5.32 Å². The molecule has 4 aromatic carbocycles. The van der Waals surface area contributed by atoms with Crippen LogP contribution in [0.1, 0.15) is 45.9 Å². The van der Waals surface area contributed by atoms with E-state index in [0.717, 1.165) is 16.7 Å². The van der Waals surface area contributed by atoms with Crippen molar-refractivity contribution in [2.24, 2.45) is 5.73 Å². The summed E-state index contributed by atoms with van der Waals surface area (Å²) in [6, 6.07) is 31.6. The number of carbonyl (C=O) groups is 2. The summed E-state index contributed by atoms with van der Waals surface area (Å²) in [6.45, 7) is 1.86. The minimum Gasteiger partial charge on any atom is -0.497 e. The van der Waals surface area contributed by atoms with Gasteiger partial charge in [-0.3, -0.25) is 9.59 Å². The van der Waals surface area contributed by atoms with Crippen LogP contribution < -0.4 is 25.3 Å². The molecule has 224 valence electrons. The zero-order chi connectivity index (χ0) is 30.4. The molecule has 0 saturated carbocycles. The van der Waals surface area contributed by atoms with E-state index < -0.39 is 6.04 Å². The van der Waals surface area contributed by atoms with Crippen LogP contribution in [0.4, 0.5) is 0 Å². The highest BCUT2D eigenvalue weighted by molar-refractivity contribution is 5.94. The molecule has 4 aromatic rings. The molecular formula is C35H39N3O5. The number of amides is 2. The lowest BCUT2D eigenvalue weighted by molar-refractivity contribution is -0.132. The molecule has 0 aliphatic carbocycles. The van der Waals surface area contributed by atoms with Gasteiger partial charge in [-0.05, 0) is 53.9 Å². The SMILES string of the molecule is COc1ccc(C(NC(=O)c2ccccc2)c2ccc(OCCCC(=O)N(CCN)Cc3ccccc3)cc2)c(OC)c1. The Morgan fingerprint density at radius 3 is 2.16 bits per heavy atom. The van der Waals surface area contributed by atoms with Crippen molar-refractivity contribution in [3.8, 4) is 17.2 Å². The first-order valence-electron chi connectivity index (χ1n) is 14.3. The van der Waals surface area contributed by atoms with Crippen LogP contribution in [-0.2, 0) is 11.3 Å². The molecule has 0 saturated heterocycles. The molecular weight excluding hydrogens is 542 g/mol. The second-order valence-corrected chi connectivity index (χ2v) is 9.99. The molecule has 0 bridgehead atoms. The lowest BCUT2D eigenvalue weighted by atomic mass is 9.97. The summed E-state index contributed by atoms with van der Waals surface area (Å²) in [6.07, 6.45) is 0.949. The fourth-order valence-corrected chi connectivity index (χ4v) is 4.78. The van der Waals surface area contributed by atoms with Crippen LogP contribution in [0.2, 0.25) is 0 Å². The van der Waals surface area contributed by atoms with Crippen LogP contribution >= 0.6 is 0 Å². The van der Waals surface area contributed by atoms with Gasteiger partial charge in [-0.2, -0.15) is 0 Å². The molecule has 8 heteroatoms. The molecule has 3 N–H and O–H groups in total. The van der Waals surface area contributed by atoms with Gasteiger partial charge >= 0.3 is 0 Å². The third-order valence-corrected chi connectivity index (χ3v) is 7.05. The fourth-order valence-electron chi connectivity index (χ4n) is 4.78. The van der Waals surface area contributed by atoms with E-state index in [4.69, 9.17) is 19.9 Å². The van der Waals surface area contributed by atoms with Crippen molar-refractivity contribution >= 4 is 11.8 Å². The highest BCUT2D eigenvalue weighted by Crippen LogP contribution is 2.34. The molecule has 0 heterocycles. The molecule has 1 atom stereocenters. The number of hydrogen-bond donors (Lipinski definition) is 2. The zero-order valence-electron chi connectivity index (χ0n) is 24.7. The number of ether oxygens (including phenoxy) is 3.